The minimum Gasteiger partial charge on any atom is -0.355 e. The van der Waals surface area contributed by atoms with Gasteiger partial charge in [0.2, 0.25) is 11.8 Å². The summed E-state index contributed by atoms with van der Waals surface area (Å²) in [6.45, 7) is 6.56. The Balaban J connectivity index is 2.41. The topological polar surface area (TPSA) is 113 Å². The lowest BCUT2D eigenvalue weighted by molar-refractivity contribution is -0.119. The van der Waals surface area contributed by atoms with Crippen LogP contribution in [-0.2, 0) is 9.59 Å². The molecule has 11 heteroatoms. The van der Waals surface area contributed by atoms with Crippen molar-refractivity contribution in [1.29, 1.82) is 0 Å². The van der Waals surface area contributed by atoms with Crippen LogP contribution >= 0.6 is 34.9 Å². The van der Waals surface area contributed by atoms with Crippen LogP contribution in [0, 0.1) is 0 Å². The summed E-state index contributed by atoms with van der Waals surface area (Å²) in [5.41, 5.74) is 0. The number of hydrogen-bond donors (Lipinski definition) is 3. The van der Waals surface area contributed by atoms with E-state index in [1.165, 1.54) is 34.9 Å². The Labute approximate surface area is 153 Å². The van der Waals surface area contributed by atoms with Crippen molar-refractivity contribution in [2.24, 2.45) is 0 Å². The molecule has 1 rings (SSSR count). The summed E-state index contributed by atoms with van der Waals surface area (Å²) in [5.74, 6) is -0.151. The minimum atomic E-state index is -0.512. The minimum absolute atomic E-state index is 0.0408. The lowest BCUT2D eigenvalue weighted by Gasteiger charge is -2.09. The number of carbonyl (C=O) groups is 3. The van der Waals surface area contributed by atoms with Gasteiger partial charge in [0.15, 0.2) is 8.68 Å². The van der Waals surface area contributed by atoms with Gasteiger partial charge >= 0.3 is 6.03 Å². The molecule has 0 aliphatic rings. The Morgan fingerprint density at radius 3 is 2.54 bits per heavy atom. The number of thioether (sulfide) groups is 2. The second-order valence-corrected chi connectivity index (χ2v) is 8.37. The zero-order valence-electron chi connectivity index (χ0n) is 13.7. The Hall–Kier alpha value is -1.33. The fraction of sp³-hybridized carbons (Fsp3) is 0.615. The van der Waals surface area contributed by atoms with Crippen LogP contribution in [0.2, 0.25) is 0 Å². The van der Waals surface area contributed by atoms with Gasteiger partial charge < -0.3 is 10.6 Å². The zero-order chi connectivity index (χ0) is 17.9. The maximum atomic E-state index is 11.9. The van der Waals surface area contributed by atoms with E-state index < -0.39 is 17.2 Å². The van der Waals surface area contributed by atoms with Gasteiger partial charge in [-0.15, -0.1) is 10.2 Å². The second kappa shape index (κ2) is 11.3. The molecule has 1 heterocycles. The van der Waals surface area contributed by atoms with Gasteiger partial charge in [-0.05, 0) is 20.3 Å². The molecular weight excluding hydrogens is 370 g/mol. The van der Waals surface area contributed by atoms with Crippen molar-refractivity contribution in [2.45, 2.75) is 41.1 Å². The molecule has 8 nitrogen and oxygen atoms in total. The van der Waals surface area contributed by atoms with Gasteiger partial charge in [0.25, 0.3) is 0 Å². The predicted octanol–water partition coefficient (Wildman–Crippen LogP) is 1.48. The first-order valence-electron chi connectivity index (χ1n) is 7.44. The Kier molecular flexibility index (Phi) is 9.72. The van der Waals surface area contributed by atoms with Gasteiger partial charge in [-0.25, -0.2) is 4.79 Å². The third kappa shape index (κ3) is 7.97. The Morgan fingerprint density at radius 1 is 1.17 bits per heavy atom. The van der Waals surface area contributed by atoms with Crippen LogP contribution in [0.5, 0.6) is 0 Å². The van der Waals surface area contributed by atoms with Crippen molar-refractivity contribution >= 4 is 52.7 Å². The molecule has 0 bridgehead atoms. The predicted molar refractivity (Wildman–Crippen MR) is 96.5 cm³/mol. The third-order valence-corrected chi connectivity index (χ3v) is 5.75. The number of nitrogens with zero attached hydrogens (tertiary/aromatic N) is 2. The molecule has 1 aromatic rings. The quantitative estimate of drug-likeness (QED) is 0.547. The highest BCUT2D eigenvalue weighted by Crippen LogP contribution is 2.31. The van der Waals surface area contributed by atoms with Crippen LogP contribution in [0.1, 0.15) is 27.2 Å². The van der Waals surface area contributed by atoms with Crippen molar-refractivity contribution in [3.05, 3.63) is 0 Å². The SMILES string of the molecule is CCCNC(=O)CSc1nnc(SC(C)C(=O)NC(=O)NCC)s1. The largest absolute Gasteiger partial charge is 0.355 e. The number of imide groups is 1. The monoisotopic (exact) mass is 391 g/mol. The standard InChI is InChI=1S/C13H21N5O3S3/c1-4-6-15-9(19)7-22-12-17-18-13(24-12)23-8(3)10(20)16-11(21)14-5-2/h8H,4-7H2,1-3H3,(H,15,19)(H2,14,16,20,21). The molecule has 0 aliphatic heterocycles. The molecule has 0 aliphatic carbocycles. The normalized spacial score (nSPS) is 11.6. The van der Waals surface area contributed by atoms with Gasteiger partial charge in [-0.1, -0.05) is 41.8 Å². The number of amides is 4. The van der Waals surface area contributed by atoms with E-state index in [1.807, 2.05) is 6.92 Å². The average Bonchev–Trinajstić information content (AvgIpc) is 2.98. The van der Waals surface area contributed by atoms with Crippen molar-refractivity contribution in [3.8, 4) is 0 Å². The molecule has 24 heavy (non-hydrogen) atoms. The second-order valence-electron chi connectivity index (χ2n) is 4.58. The molecule has 0 saturated heterocycles. The molecule has 3 N–H and O–H groups in total. The number of hydrogen-bond acceptors (Lipinski definition) is 8. The van der Waals surface area contributed by atoms with Gasteiger partial charge in [0.05, 0.1) is 11.0 Å². The molecule has 0 spiro atoms. The first-order chi connectivity index (χ1) is 11.5. The van der Waals surface area contributed by atoms with Crippen molar-refractivity contribution in [3.63, 3.8) is 0 Å². The van der Waals surface area contributed by atoms with Crippen LogP contribution in [0.15, 0.2) is 8.68 Å². The summed E-state index contributed by atoms with van der Waals surface area (Å²) in [6, 6.07) is -0.512. The summed E-state index contributed by atoms with van der Waals surface area (Å²) < 4.78 is 1.28. The van der Waals surface area contributed by atoms with Crippen molar-refractivity contribution in [1.82, 2.24) is 26.1 Å². The molecule has 1 atom stereocenters. The number of carbonyl (C=O) groups excluding carboxylic acids is 3. The number of rotatable bonds is 9. The summed E-state index contributed by atoms with van der Waals surface area (Å²) in [7, 11) is 0. The molecule has 1 unspecified atom stereocenters. The maximum Gasteiger partial charge on any atom is 0.321 e. The van der Waals surface area contributed by atoms with E-state index in [4.69, 9.17) is 0 Å². The van der Waals surface area contributed by atoms with Crippen molar-refractivity contribution in [2.75, 3.05) is 18.8 Å². The van der Waals surface area contributed by atoms with E-state index in [0.717, 1.165) is 6.42 Å². The number of urea groups is 1. The molecule has 134 valence electrons. The fourth-order valence-electron chi connectivity index (χ4n) is 1.37. The first kappa shape index (κ1) is 20.7. The van der Waals surface area contributed by atoms with E-state index in [0.29, 0.717) is 21.8 Å². The van der Waals surface area contributed by atoms with Gasteiger partial charge in [-0.3, -0.25) is 14.9 Å². The molecule has 4 amide bonds. The van der Waals surface area contributed by atoms with Crippen molar-refractivity contribution < 1.29 is 14.4 Å². The van der Waals surface area contributed by atoms with Gasteiger partial charge in [-0.2, -0.15) is 0 Å². The molecule has 0 aromatic carbocycles. The summed E-state index contributed by atoms with van der Waals surface area (Å²) in [6.07, 6.45) is 0.895. The summed E-state index contributed by atoms with van der Waals surface area (Å²) >= 11 is 3.84. The lowest BCUT2D eigenvalue weighted by Crippen LogP contribution is -2.42. The van der Waals surface area contributed by atoms with Crippen LogP contribution < -0.4 is 16.0 Å². The van der Waals surface area contributed by atoms with E-state index >= 15 is 0 Å². The Bertz CT molecular complexity index is 567. The van der Waals surface area contributed by atoms with Crippen LogP contribution in [-0.4, -0.2) is 52.1 Å². The zero-order valence-corrected chi connectivity index (χ0v) is 16.2. The molecular formula is C13H21N5O3S3. The molecule has 0 saturated carbocycles. The first-order valence-corrected chi connectivity index (χ1v) is 10.1. The fourth-order valence-corrected chi connectivity index (χ4v) is 4.36. The number of aromatic nitrogens is 2. The van der Waals surface area contributed by atoms with E-state index in [1.54, 1.807) is 13.8 Å². The highest BCUT2D eigenvalue weighted by Gasteiger charge is 2.19. The highest BCUT2D eigenvalue weighted by atomic mass is 32.2. The average molecular weight is 392 g/mol. The summed E-state index contributed by atoms with van der Waals surface area (Å²) in [5, 5.41) is 15.0. The van der Waals surface area contributed by atoms with E-state index in [2.05, 4.69) is 26.1 Å². The van der Waals surface area contributed by atoms with E-state index in [-0.39, 0.29) is 11.7 Å². The van der Waals surface area contributed by atoms with Gasteiger partial charge in [0, 0.05) is 13.1 Å². The molecule has 1 aromatic heterocycles. The smallest absolute Gasteiger partial charge is 0.321 e. The van der Waals surface area contributed by atoms with Crippen LogP contribution in [0.25, 0.3) is 0 Å². The third-order valence-electron chi connectivity index (χ3n) is 2.51. The van der Waals surface area contributed by atoms with Crippen LogP contribution in [0.3, 0.4) is 0 Å². The van der Waals surface area contributed by atoms with Crippen LogP contribution in [0.4, 0.5) is 4.79 Å². The van der Waals surface area contributed by atoms with E-state index in [9.17, 15) is 14.4 Å². The van der Waals surface area contributed by atoms with Gasteiger partial charge in [0.1, 0.15) is 0 Å². The molecule has 0 fully saturated rings. The molecule has 0 radical (unpaired) electrons. The number of nitrogens with one attached hydrogen (secondary N) is 3. The maximum absolute atomic E-state index is 11.9. The summed E-state index contributed by atoms with van der Waals surface area (Å²) in [4.78, 5) is 34.7. The highest BCUT2D eigenvalue weighted by molar-refractivity contribution is 8.04. The lowest BCUT2D eigenvalue weighted by atomic mass is 10.4. The Morgan fingerprint density at radius 2 is 1.88 bits per heavy atom.